The Bertz CT molecular complexity index is 1280. The Morgan fingerprint density at radius 3 is 2.53 bits per heavy atom. The van der Waals surface area contributed by atoms with Gasteiger partial charge in [0, 0.05) is 21.5 Å². The molecule has 0 unspecified atom stereocenters. The molecule has 4 rings (SSSR count). The molecule has 166 valence electrons. The summed E-state index contributed by atoms with van der Waals surface area (Å²) >= 11 is 6.23. The fourth-order valence-corrected chi connectivity index (χ4v) is 4.33. The van der Waals surface area contributed by atoms with Gasteiger partial charge in [-0.25, -0.2) is 4.79 Å². The van der Waals surface area contributed by atoms with Gasteiger partial charge in [-0.2, -0.15) is 0 Å². The number of hydrogen-bond acceptors (Lipinski definition) is 4. The zero-order chi connectivity index (χ0) is 23.0. The first kappa shape index (κ1) is 22.0. The second-order valence-electron chi connectivity index (χ2n) is 8.03. The Morgan fingerprint density at radius 1 is 1.19 bits per heavy atom. The largest absolute Gasteiger partial charge is 0.494 e. The number of carboxylic acid groups (broad SMARTS) is 1. The number of hydrogen-bond donors (Lipinski definition) is 2. The summed E-state index contributed by atoms with van der Waals surface area (Å²) in [6.45, 7) is 8.10. The number of aromatic carboxylic acids is 1. The van der Waals surface area contributed by atoms with Gasteiger partial charge in [0.15, 0.2) is 0 Å². The van der Waals surface area contributed by atoms with Gasteiger partial charge in [0.25, 0.3) is 0 Å². The van der Waals surface area contributed by atoms with Crippen LogP contribution in [0.4, 0.5) is 0 Å². The number of carbonyl (C=O) groups is 1. The zero-order valence-corrected chi connectivity index (χ0v) is 19.3. The van der Waals surface area contributed by atoms with Gasteiger partial charge in [-0.1, -0.05) is 35.0 Å². The van der Waals surface area contributed by atoms with Gasteiger partial charge in [0.1, 0.15) is 17.2 Å². The van der Waals surface area contributed by atoms with E-state index in [0.717, 1.165) is 55.2 Å². The van der Waals surface area contributed by atoms with Crippen LogP contribution in [0.1, 0.15) is 45.1 Å². The van der Waals surface area contributed by atoms with E-state index in [1.807, 2.05) is 58.0 Å². The molecule has 0 saturated carbocycles. The second kappa shape index (κ2) is 8.71. The lowest BCUT2D eigenvalue weighted by Crippen LogP contribution is -2.04. The third-order valence-corrected chi connectivity index (χ3v) is 6.30. The van der Waals surface area contributed by atoms with Crippen molar-refractivity contribution in [1.29, 1.82) is 0 Å². The molecule has 4 aromatic rings. The van der Waals surface area contributed by atoms with Gasteiger partial charge in [0.05, 0.1) is 17.8 Å². The van der Waals surface area contributed by atoms with E-state index < -0.39 is 5.97 Å². The predicted octanol–water partition coefficient (Wildman–Crippen LogP) is 6.42. The summed E-state index contributed by atoms with van der Waals surface area (Å²) in [6.07, 6.45) is 1.24. The molecule has 2 aromatic carbocycles. The number of nitrogens with zero attached hydrogens (tertiary/aromatic N) is 1. The molecule has 0 amide bonds. The number of H-pyrrole nitrogens is 1. The molecule has 0 aliphatic rings. The van der Waals surface area contributed by atoms with E-state index in [0.29, 0.717) is 25.2 Å². The first-order valence-electron chi connectivity index (χ1n) is 10.5. The Hall–Kier alpha value is -3.25. The van der Waals surface area contributed by atoms with E-state index >= 15 is 0 Å². The summed E-state index contributed by atoms with van der Waals surface area (Å²) in [7, 11) is 0. The van der Waals surface area contributed by atoms with Crippen molar-refractivity contribution in [1.82, 2.24) is 10.1 Å². The summed E-state index contributed by atoms with van der Waals surface area (Å²) in [6, 6.07) is 9.67. The van der Waals surface area contributed by atoms with Crippen LogP contribution in [0, 0.1) is 27.7 Å². The number of benzene rings is 2. The summed E-state index contributed by atoms with van der Waals surface area (Å²) in [5, 5.41) is 15.5. The Kier molecular flexibility index (Phi) is 5.98. The molecule has 0 aliphatic carbocycles. The summed E-state index contributed by atoms with van der Waals surface area (Å²) in [5.41, 5.74) is 6.24. The van der Waals surface area contributed by atoms with Gasteiger partial charge in [-0.05, 0) is 69.4 Å². The number of fused-ring (bicyclic) bond motifs is 1. The number of halogens is 1. The van der Waals surface area contributed by atoms with Gasteiger partial charge in [0.2, 0.25) is 0 Å². The monoisotopic (exact) mass is 452 g/mol. The third kappa shape index (κ3) is 3.98. The average molecular weight is 453 g/mol. The fraction of sp³-hybridized carbons (Fsp3) is 0.280. The highest BCUT2D eigenvalue weighted by molar-refractivity contribution is 6.32. The lowest BCUT2D eigenvalue weighted by atomic mass is 9.99. The molecule has 0 radical (unpaired) electrons. The molecular formula is C25H25ClN2O4. The first-order chi connectivity index (χ1) is 15.3. The summed E-state index contributed by atoms with van der Waals surface area (Å²) in [5.74, 6) is 0.484. The molecule has 2 aromatic heterocycles. The SMILES string of the molecule is Cc1cc(OCCCc2c(C(=O)O)[nH]c3c(-c4c(C)noc4C)cccc23)cc(C)c1Cl. The Morgan fingerprint density at radius 2 is 1.91 bits per heavy atom. The first-order valence-corrected chi connectivity index (χ1v) is 10.9. The highest BCUT2D eigenvalue weighted by Crippen LogP contribution is 2.35. The molecule has 32 heavy (non-hydrogen) atoms. The van der Waals surface area contributed by atoms with Crippen LogP contribution < -0.4 is 4.74 Å². The van der Waals surface area contributed by atoms with E-state index in [9.17, 15) is 9.90 Å². The molecule has 0 saturated heterocycles. The van der Waals surface area contributed by atoms with Crippen LogP contribution in [-0.4, -0.2) is 27.8 Å². The predicted molar refractivity (Wildman–Crippen MR) is 125 cm³/mol. The smallest absolute Gasteiger partial charge is 0.352 e. The maximum Gasteiger partial charge on any atom is 0.352 e. The van der Waals surface area contributed by atoms with Crippen LogP contribution in [0.25, 0.3) is 22.0 Å². The maximum atomic E-state index is 12.0. The van der Waals surface area contributed by atoms with Crippen LogP contribution in [0.5, 0.6) is 5.75 Å². The Labute approximate surface area is 191 Å². The number of aromatic nitrogens is 2. The number of aromatic amines is 1. The van der Waals surface area contributed by atoms with Crippen molar-refractivity contribution in [2.24, 2.45) is 0 Å². The molecule has 0 fully saturated rings. The van der Waals surface area contributed by atoms with Crippen LogP contribution in [0.15, 0.2) is 34.9 Å². The third-order valence-electron chi connectivity index (χ3n) is 5.71. The van der Waals surface area contributed by atoms with Gasteiger partial charge < -0.3 is 19.4 Å². The number of carboxylic acids is 1. The normalized spacial score (nSPS) is 11.3. The van der Waals surface area contributed by atoms with Crippen LogP contribution in [-0.2, 0) is 6.42 Å². The van der Waals surface area contributed by atoms with Gasteiger partial charge >= 0.3 is 5.97 Å². The zero-order valence-electron chi connectivity index (χ0n) is 18.5. The highest BCUT2D eigenvalue weighted by atomic mass is 35.5. The Balaban J connectivity index is 1.60. The summed E-state index contributed by atoms with van der Waals surface area (Å²) < 4.78 is 11.2. The van der Waals surface area contributed by atoms with Crippen LogP contribution in [0.2, 0.25) is 5.02 Å². The summed E-state index contributed by atoms with van der Waals surface area (Å²) in [4.78, 5) is 15.1. The number of rotatable bonds is 7. The molecule has 2 heterocycles. The molecule has 0 bridgehead atoms. The van der Waals surface area contributed by atoms with Crippen molar-refractivity contribution >= 4 is 28.5 Å². The van der Waals surface area contributed by atoms with Crippen molar-refractivity contribution in [2.45, 2.75) is 40.5 Å². The van der Waals surface area contributed by atoms with Crippen molar-refractivity contribution in [3.8, 4) is 16.9 Å². The quantitative estimate of drug-likeness (QED) is 0.316. The highest BCUT2D eigenvalue weighted by Gasteiger charge is 2.21. The number of aryl methyl sites for hydroxylation is 5. The average Bonchev–Trinajstić information content (AvgIpc) is 3.29. The maximum absolute atomic E-state index is 12.0. The van der Waals surface area contributed by atoms with Crippen LogP contribution >= 0.6 is 11.6 Å². The van der Waals surface area contributed by atoms with E-state index in [2.05, 4.69) is 10.1 Å². The van der Waals surface area contributed by atoms with E-state index in [1.54, 1.807) is 0 Å². The van der Waals surface area contributed by atoms with E-state index in [4.69, 9.17) is 20.9 Å². The van der Waals surface area contributed by atoms with E-state index in [1.165, 1.54) is 0 Å². The van der Waals surface area contributed by atoms with Crippen molar-refractivity contribution in [2.75, 3.05) is 6.61 Å². The van der Waals surface area contributed by atoms with Crippen LogP contribution in [0.3, 0.4) is 0 Å². The molecule has 2 N–H and O–H groups in total. The number of ether oxygens (including phenoxy) is 1. The minimum absolute atomic E-state index is 0.206. The minimum atomic E-state index is -0.981. The second-order valence-corrected chi connectivity index (χ2v) is 8.41. The lowest BCUT2D eigenvalue weighted by molar-refractivity contribution is 0.0690. The molecule has 6 nitrogen and oxygen atoms in total. The number of para-hydroxylation sites is 1. The van der Waals surface area contributed by atoms with Gasteiger partial charge in [-0.15, -0.1) is 0 Å². The van der Waals surface area contributed by atoms with E-state index in [-0.39, 0.29) is 5.69 Å². The minimum Gasteiger partial charge on any atom is -0.494 e. The van der Waals surface area contributed by atoms with Crippen molar-refractivity contribution < 1.29 is 19.2 Å². The van der Waals surface area contributed by atoms with Crippen molar-refractivity contribution in [3.63, 3.8) is 0 Å². The van der Waals surface area contributed by atoms with Crippen molar-refractivity contribution in [3.05, 3.63) is 69.2 Å². The number of nitrogens with one attached hydrogen (secondary N) is 1. The molecule has 7 heteroatoms. The topological polar surface area (TPSA) is 88.4 Å². The molecule has 0 spiro atoms. The van der Waals surface area contributed by atoms with Gasteiger partial charge in [-0.3, -0.25) is 0 Å². The molecular weight excluding hydrogens is 428 g/mol. The molecule has 0 atom stereocenters. The standard InChI is InChI=1S/C25H25ClN2O4/c1-13-11-17(12-14(2)22(13)26)31-10-6-9-19-18-7-5-8-20(21-15(3)28-32-16(21)4)23(18)27-24(19)25(29)30/h5,7-8,11-12,27H,6,9-10H2,1-4H3,(H,29,30). The fourth-order valence-electron chi connectivity index (χ4n) is 4.22. The lowest BCUT2D eigenvalue weighted by Gasteiger charge is -2.10. The molecule has 0 aliphatic heterocycles.